The zero-order valence-electron chi connectivity index (χ0n) is 10.7. The van der Waals surface area contributed by atoms with Gasteiger partial charge in [0.25, 0.3) is 0 Å². The van der Waals surface area contributed by atoms with E-state index >= 15 is 0 Å². The molecule has 0 radical (unpaired) electrons. The molecule has 0 aromatic carbocycles. The molecule has 0 unspecified atom stereocenters. The molecule has 0 spiro atoms. The molecule has 98 valence electrons. The van der Waals surface area contributed by atoms with Crippen molar-refractivity contribution in [2.24, 2.45) is 0 Å². The molecule has 1 aromatic rings. The van der Waals surface area contributed by atoms with E-state index in [-0.39, 0.29) is 6.03 Å². The van der Waals surface area contributed by atoms with Gasteiger partial charge in [-0.2, -0.15) is 0 Å². The van der Waals surface area contributed by atoms with Crippen molar-refractivity contribution in [2.45, 2.75) is 44.7 Å². The number of hydrogen-bond acceptors (Lipinski definition) is 2. The van der Waals surface area contributed by atoms with E-state index in [9.17, 15) is 4.79 Å². The van der Waals surface area contributed by atoms with Crippen LogP contribution < -0.4 is 0 Å². The van der Waals surface area contributed by atoms with Gasteiger partial charge in [0.15, 0.2) is 0 Å². The highest BCUT2D eigenvalue weighted by atomic mass is 16.3. The first-order chi connectivity index (χ1) is 8.84. The summed E-state index contributed by atoms with van der Waals surface area (Å²) in [7, 11) is 0. The predicted molar refractivity (Wildman–Crippen MR) is 68.1 cm³/mol. The maximum atomic E-state index is 12.5. The van der Waals surface area contributed by atoms with Crippen molar-refractivity contribution in [1.82, 2.24) is 9.80 Å². The van der Waals surface area contributed by atoms with E-state index in [2.05, 4.69) is 0 Å². The first-order valence-electron chi connectivity index (χ1n) is 6.92. The summed E-state index contributed by atoms with van der Waals surface area (Å²) in [6, 6.07) is 4.46. The lowest BCUT2D eigenvalue weighted by molar-refractivity contribution is 0.134. The van der Waals surface area contributed by atoms with Crippen LogP contribution >= 0.6 is 0 Å². The van der Waals surface area contributed by atoms with Crippen LogP contribution in [0.2, 0.25) is 0 Å². The van der Waals surface area contributed by atoms with Crippen LogP contribution in [0.5, 0.6) is 0 Å². The molecule has 1 saturated carbocycles. The molecular weight excluding hydrogens is 228 g/mol. The average Bonchev–Trinajstić information content (AvgIpc) is 3.13. The van der Waals surface area contributed by atoms with Crippen molar-refractivity contribution in [3.8, 4) is 0 Å². The molecule has 0 atom stereocenters. The lowest BCUT2D eigenvalue weighted by atomic mass is 10.1. The molecule has 0 bridgehead atoms. The van der Waals surface area contributed by atoms with Crippen LogP contribution in [0.4, 0.5) is 4.79 Å². The van der Waals surface area contributed by atoms with Crippen molar-refractivity contribution in [3.05, 3.63) is 24.2 Å². The number of carbonyl (C=O) groups is 1. The standard InChI is InChI=1S/C14H20N2O2/c17-14(15-8-2-1-3-9-15)16(12-6-7-12)11-13-5-4-10-18-13/h4-5,10,12H,1-3,6-9,11H2. The maximum absolute atomic E-state index is 12.5. The molecule has 18 heavy (non-hydrogen) atoms. The van der Waals surface area contributed by atoms with Crippen LogP contribution in [-0.4, -0.2) is 35.0 Å². The van der Waals surface area contributed by atoms with Crippen molar-refractivity contribution >= 4 is 6.03 Å². The van der Waals surface area contributed by atoms with Crippen LogP contribution in [-0.2, 0) is 6.54 Å². The van der Waals surface area contributed by atoms with Gasteiger partial charge in [-0.25, -0.2) is 4.79 Å². The molecule has 1 aromatic heterocycles. The fourth-order valence-corrected chi connectivity index (χ4v) is 2.58. The predicted octanol–water partition coefficient (Wildman–Crippen LogP) is 2.85. The van der Waals surface area contributed by atoms with E-state index in [1.807, 2.05) is 21.9 Å². The summed E-state index contributed by atoms with van der Waals surface area (Å²) < 4.78 is 5.37. The number of furan rings is 1. The number of nitrogens with zero attached hydrogens (tertiary/aromatic N) is 2. The molecule has 2 aliphatic rings. The largest absolute Gasteiger partial charge is 0.467 e. The zero-order valence-corrected chi connectivity index (χ0v) is 10.7. The Bertz CT molecular complexity index is 392. The highest BCUT2D eigenvalue weighted by Crippen LogP contribution is 2.30. The fraction of sp³-hybridized carbons (Fsp3) is 0.643. The van der Waals surface area contributed by atoms with E-state index in [0.29, 0.717) is 12.6 Å². The molecule has 0 N–H and O–H groups in total. The normalized spacial score (nSPS) is 19.9. The second-order valence-corrected chi connectivity index (χ2v) is 5.27. The maximum Gasteiger partial charge on any atom is 0.320 e. The molecule has 4 nitrogen and oxygen atoms in total. The third-order valence-electron chi connectivity index (χ3n) is 3.77. The van der Waals surface area contributed by atoms with Gasteiger partial charge in [-0.1, -0.05) is 0 Å². The number of carbonyl (C=O) groups excluding carboxylic acids is 1. The number of likely N-dealkylation sites (tertiary alicyclic amines) is 1. The molecule has 4 heteroatoms. The second kappa shape index (κ2) is 5.04. The fourth-order valence-electron chi connectivity index (χ4n) is 2.58. The van der Waals surface area contributed by atoms with Gasteiger partial charge in [0.2, 0.25) is 0 Å². The second-order valence-electron chi connectivity index (χ2n) is 5.27. The van der Waals surface area contributed by atoms with Gasteiger partial charge in [-0.3, -0.25) is 0 Å². The summed E-state index contributed by atoms with van der Waals surface area (Å²) >= 11 is 0. The first kappa shape index (κ1) is 11.6. The van der Waals surface area contributed by atoms with Crippen LogP contribution in [0.1, 0.15) is 37.9 Å². The van der Waals surface area contributed by atoms with Gasteiger partial charge in [-0.15, -0.1) is 0 Å². The molecule has 2 amide bonds. The number of hydrogen-bond donors (Lipinski definition) is 0. The molecule has 3 rings (SSSR count). The summed E-state index contributed by atoms with van der Waals surface area (Å²) in [6.07, 6.45) is 7.49. The quantitative estimate of drug-likeness (QED) is 0.824. The Hall–Kier alpha value is -1.45. The third kappa shape index (κ3) is 2.52. The third-order valence-corrected chi connectivity index (χ3v) is 3.77. The monoisotopic (exact) mass is 248 g/mol. The van der Waals surface area contributed by atoms with E-state index in [1.165, 1.54) is 6.42 Å². The molecule has 2 fully saturated rings. The summed E-state index contributed by atoms with van der Waals surface area (Å²) in [6.45, 7) is 2.45. The van der Waals surface area contributed by atoms with Crippen LogP contribution in [0.3, 0.4) is 0 Å². The van der Waals surface area contributed by atoms with Crippen LogP contribution in [0, 0.1) is 0 Å². The Balaban J connectivity index is 1.66. The summed E-state index contributed by atoms with van der Waals surface area (Å²) in [5, 5.41) is 0. The molecule has 1 aliphatic carbocycles. The van der Waals surface area contributed by atoms with Crippen LogP contribution in [0.15, 0.2) is 22.8 Å². The number of amides is 2. The first-order valence-corrected chi connectivity index (χ1v) is 6.92. The smallest absolute Gasteiger partial charge is 0.320 e. The molecule has 1 aliphatic heterocycles. The summed E-state index contributed by atoms with van der Waals surface area (Å²) in [4.78, 5) is 16.5. The van der Waals surface area contributed by atoms with Crippen molar-refractivity contribution in [1.29, 1.82) is 0 Å². The highest BCUT2D eigenvalue weighted by molar-refractivity contribution is 5.75. The van der Waals surface area contributed by atoms with E-state index in [1.54, 1.807) is 6.26 Å². The van der Waals surface area contributed by atoms with Gasteiger partial charge < -0.3 is 14.2 Å². The van der Waals surface area contributed by atoms with Gasteiger partial charge in [0, 0.05) is 19.1 Å². The Kier molecular flexibility index (Phi) is 3.26. The Labute approximate surface area is 108 Å². The average molecular weight is 248 g/mol. The minimum Gasteiger partial charge on any atom is -0.467 e. The Morgan fingerprint density at radius 2 is 2.11 bits per heavy atom. The zero-order chi connectivity index (χ0) is 12.4. The van der Waals surface area contributed by atoms with E-state index < -0.39 is 0 Å². The topological polar surface area (TPSA) is 36.7 Å². The van der Waals surface area contributed by atoms with E-state index in [0.717, 1.165) is 44.5 Å². The van der Waals surface area contributed by atoms with E-state index in [4.69, 9.17) is 4.42 Å². The molecular formula is C14H20N2O2. The molecule has 2 heterocycles. The van der Waals surface area contributed by atoms with Crippen molar-refractivity contribution in [3.63, 3.8) is 0 Å². The van der Waals surface area contributed by atoms with Gasteiger partial charge in [0.1, 0.15) is 5.76 Å². The highest BCUT2D eigenvalue weighted by Gasteiger charge is 2.35. The minimum absolute atomic E-state index is 0.202. The number of urea groups is 1. The van der Waals surface area contributed by atoms with Gasteiger partial charge in [-0.05, 0) is 44.2 Å². The van der Waals surface area contributed by atoms with Gasteiger partial charge >= 0.3 is 6.03 Å². The minimum atomic E-state index is 0.202. The summed E-state index contributed by atoms with van der Waals surface area (Å²) in [5.74, 6) is 0.882. The van der Waals surface area contributed by atoms with Crippen LogP contribution in [0.25, 0.3) is 0 Å². The Morgan fingerprint density at radius 3 is 2.72 bits per heavy atom. The van der Waals surface area contributed by atoms with Crippen molar-refractivity contribution in [2.75, 3.05) is 13.1 Å². The van der Waals surface area contributed by atoms with Crippen molar-refractivity contribution < 1.29 is 9.21 Å². The summed E-state index contributed by atoms with van der Waals surface area (Å²) in [5.41, 5.74) is 0. The molecule has 1 saturated heterocycles. The number of rotatable bonds is 3. The SMILES string of the molecule is O=C(N1CCCCC1)N(Cc1ccco1)C1CC1. The van der Waals surface area contributed by atoms with Gasteiger partial charge in [0.05, 0.1) is 12.8 Å². The number of piperidine rings is 1. The lowest BCUT2D eigenvalue weighted by Crippen LogP contribution is -2.46. The Morgan fingerprint density at radius 1 is 1.33 bits per heavy atom. The lowest BCUT2D eigenvalue weighted by Gasteiger charge is -2.32.